The molecular weight excluding hydrogens is 659 g/mol. The van der Waals surface area contributed by atoms with Gasteiger partial charge in [-0.15, -0.1) is 10.2 Å². The third kappa shape index (κ3) is 7.28. The van der Waals surface area contributed by atoms with Gasteiger partial charge >= 0.3 is 5.91 Å². The number of aliphatic hydroxyl groups excluding tert-OH is 1. The fraction of sp³-hybridized carbons (Fsp3) is 0.263. The van der Waals surface area contributed by atoms with Crippen molar-refractivity contribution in [2.45, 2.75) is 49.2 Å². The molecule has 11 heteroatoms. The Bertz CT molecular complexity index is 1990. The summed E-state index contributed by atoms with van der Waals surface area (Å²) < 4.78 is 17.9. The van der Waals surface area contributed by atoms with E-state index in [0.717, 1.165) is 35.6 Å². The van der Waals surface area contributed by atoms with E-state index in [0.29, 0.717) is 51.7 Å². The highest BCUT2D eigenvalue weighted by atomic mass is 32.2. The van der Waals surface area contributed by atoms with Gasteiger partial charge in [-0.1, -0.05) is 91.4 Å². The predicted molar refractivity (Wildman–Crippen MR) is 194 cm³/mol. The van der Waals surface area contributed by atoms with E-state index in [2.05, 4.69) is 41.4 Å². The van der Waals surface area contributed by atoms with Gasteiger partial charge in [-0.2, -0.15) is 0 Å². The summed E-state index contributed by atoms with van der Waals surface area (Å²) in [5.41, 5.74) is 2.02. The van der Waals surface area contributed by atoms with Crippen molar-refractivity contribution in [3.63, 3.8) is 0 Å². The summed E-state index contributed by atoms with van der Waals surface area (Å²) in [5, 5.41) is 22.9. The second-order valence-electron chi connectivity index (χ2n) is 11.4. The Labute approximate surface area is 293 Å². The van der Waals surface area contributed by atoms with Crippen LogP contribution >= 0.6 is 23.1 Å². The molecule has 49 heavy (non-hydrogen) atoms. The minimum atomic E-state index is -1.00. The van der Waals surface area contributed by atoms with E-state index in [1.807, 2.05) is 25.1 Å². The molecule has 0 aliphatic carbocycles. The Hall–Kier alpha value is -4.87. The zero-order valence-electron chi connectivity index (χ0n) is 27.5. The number of ether oxygens (including phenoxy) is 3. The average Bonchev–Trinajstić information content (AvgIpc) is 3.70. The van der Waals surface area contributed by atoms with Crippen LogP contribution in [0.1, 0.15) is 55.8 Å². The number of ketones is 1. The fourth-order valence-corrected chi connectivity index (χ4v) is 7.65. The van der Waals surface area contributed by atoms with Gasteiger partial charge in [-0.3, -0.25) is 14.5 Å². The monoisotopic (exact) mass is 695 g/mol. The van der Waals surface area contributed by atoms with Crippen LogP contribution in [0, 0.1) is 0 Å². The summed E-state index contributed by atoms with van der Waals surface area (Å²) in [6, 6.07) is 25.4. The van der Waals surface area contributed by atoms with Crippen molar-refractivity contribution >= 4 is 56.5 Å². The molecule has 1 unspecified atom stereocenters. The minimum absolute atomic E-state index is 0.0608. The lowest BCUT2D eigenvalue weighted by Gasteiger charge is -2.23. The molecule has 4 aromatic carbocycles. The Kier molecular flexibility index (Phi) is 10.8. The van der Waals surface area contributed by atoms with Gasteiger partial charge in [0.25, 0.3) is 5.78 Å². The maximum Gasteiger partial charge on any atom is 0.301 e. The maximum atomic E-state index is 13.8. The van der Waals surface area contributed by atoms with E-state index in [1.165, 1.54) is 28.0 Å². The number of anilines is 1. The molecular formula is C38H37N3O6S2. The number of carbonyl (C=O) groups is 2. The van der Waals surface area contributed by atoms with Crippen molar-refractivity contribution < 1.29 is 28.9 Å². The number of carbonyl (C=O) groups excluding carboxylic acids is 2. The molecule has 1 aliphatic rings. The van der Waals surface area contributed by atoms with Crippen molar-refractivity contribution in [2.24, 2.45) is 0 Å². The molecule has 1 aliphatic heterocycles. The molecule has 1 saturated heterocycles. The molecule has 0 bridgehead atoms. The van der Waals surface area contributed by atoms with Crippen LogP contribution in [0.5, 0.6) is 17.2 Å². The van der Waals surface area contributed by atoms with Crippen LogP contribution in [-0.4, -0.2) is 47.3 Å². The van der Waals surface area contributed by atoms with Crippen LogP contribution in [-0.2, 0) is 15.3 Å². The summed E-state index contributed by atoms with van der Waals surface area (Å²) in [4.78, 5) is 29.0. The van der Waals surface area contributed by atoms with Gasteiger partial charge in [0.2, 0.25) is 5.13 Å². The van der Waals surface area contributed by atoms with Gasteiger partial charge < -0.3 is 19.3 Å². The first-order chi connectivity index (χ1) is 23.9. The quantitative estimate of drug-likeness (QED) is 0.0305. The summed E-state index contributed by atoms with van der Waals surface area (Å²) in [6.45, 7) is 4.93. The molecule has 252 valence electrons. The average molecular weight is 696 g/mol. The van der Waals surface area contributed by atoms with Crippen LogP contribution in [0.4, 0.5) is 5.13 Å². The van der Waals surface area contributed by atoms with Crippen molar-refractivity contribution in [3.8, 4) is 17.2 Å². The second-order valence-corrected chi connectivity index (χ2v) is 13.5. The molecule has 1 fully saturated rings. The molecule has 1 N–H and O–H groups in total. The number of hydrogen-bond donors (Lipinski definition) is 1. The van der Waals surface area contributed by atoms with Gasteiger partial charge in [0.15, 0.2) is 15.8 Å². The van der Waals surface area contributed by atoms with Gasteiger partial charge in [0.05, 0.1) is 31.9 Å². The highest BCUT2D eigenvalue weighted by molar-refractivity contribution is 8.00. The first-order valence-corrected chi connectivity index (χ1v) is 18.0. The highest BCUT2D eigenvalue weighted by Gasteiger charge is 2.48. The third-order valence-electron chi connectivity index (χ3n) is 8.23. The number of hydrogen-bond acceptors (Lipinski definition) is 10. The summed E-state index contributed by atoms with van der Waals surface area (Å²) >= 11 is 2.73. The van der Waals surface area contributed by atoms with E-state index < -0.39 is 17.7 Å². The second kappa shape index (κ2) is 15.6. The van der Waals surface area contributed by atoms with E-state index in [1.54, 1.807) is 49.6 Å². The number of unbranched alkanes of at least 4 members (excludes halogenated alkanes) is 2. The van der Waals surface area contributed by atoms with Crippen molar-refractivity contribution in [1.29, 1.82) is 0 Å². The number of amides is 1. The Morgan fingerprint density at radius 1 is 0.918 bits per heavy atom. The van der Waals surface area contributed by atoms with E-state index in [4.69, 9.17) is 14.2 Å². The smallest absolute Gasteiger partial charge is 0.301 e. The van der Waals surface area contributed by atoms with Crippen molar-refractivity contribution in [1.82, 2.24) is 10.2 Å². The predicted octanol–water partition coefficient (Wildman–Crippen LogP) is 8.59. The van der Waals surface area contributed by atoms with Gasteiger partial charge in [-0.25, -0.2) is 0 Å². The van der Waals surface area contributed by atoms with Crippen LogP contribution in [0.3, 0.4) is 0 Å². The number of thioether (sulfide) groups is 1. The SMILES string of the molecule is CCCCCOc1ccc(C2C(=C(O)c3ccc(OC)cc3)C(=O)C(=O)N2c2nnc(SCc3cccc4ccccc34)s2)cc1OCC. The van der Waals surface area contributed by atoms with Gasteiger partial charge in [0, 0.05) is 11.3 Å². The van der Waals surface area contributed by atoms with Crippen LogP contribution in [0.25, 0.3) is 16.5 Å². The van der Waals surface area contributed by atoms with Gasteiger partial charge in [-0.05, 0) is 71.6 Å². The van der Waals surface area contributed by atoms with E-state index >= 15 is 0 Å². The molecule has 0 spiro atoms. The molecule has 5 aromatic rings. The summed E-state index contributed by atoms with van der Waals surface area (Å²) in [5.74, 6) is 0.351. The number of Topliss-reactive ketones (excluding diaryl/α,β-unsaturated/α-hetero) is 1. The zero-order chi connectivity index (χ0) is 34.3. The first-order valence-electron chi connectivity index (χ1n) is 16.2. The first kappa shape index (κ1) is 34.0. The summed E-state index contributed by atoms with van der Waals surface area (Å²) in [7, 11) is 1.55. The lowest BCUT2D eigenvalue weighted by Crippen LogP contribution is -2.29. The maximum absolute atomic E-state index is 13.8. The number of fused-ring (bicyclic) bond motifs is 1. The largest absolute Gasteiger partial charge is 0.507 e. The highest BCUT2D eigenvalue weighted by Crippen LogP contribution is 2.46. The Morgan fingerprint density at radius 3 is 2.49 bits per heavy atom. The van der Waals surface area contributed by atoms with E-state index in [9.17, 15) is 14.7 Å². The minimum Gasteiger partial charge on any atom is -0.507 e. The van der Waals surface area contributed by atoms with Crippen LogP contribution < -0.4 is 19.1 Å². The number of aromatic nitrogens is 2. The molecule has 6 rings (SSSR count). The molecule has 0 radical (unpaired) electrons. The van der Waals surface area contributed by atoms with E-state index in [-0.39, 0.29) is 16.5 Å². The lowest BCUT2D eigenvalue weighted by molar-refractivity contribution is -0.132. The molecule has 0 saturated carbocycles. The number of methoxy groups -OCH3 is 1. The molecule has 1 aromatic heterocycles. The molecule has 2 heterocycles. The molecule has 9 nitrogen and oxygen atoms in total. The number of benzene rings is 4. The summed E-state index contributed by atoms with van der Waals surface area (Å²) in [6.07, 6.45) is 3.03. The number of rotatable bonds is 14. The number of nitrogens with zero attached hydrogens (tertiary/aromatic N) is 3. The van der Waals surface area contributed by atoms with Crippen molar-refractivity contribution in [3.05, 3.63) is 107 Å². The Balaban J connectivity index is 1.38. The molecule has 1 amide bonds. The van der Waals surface area contributed by atoms with Crippen LogP contribution in [0.2, 0.25) is 0 Å². The standard InChI is InChI=1S/C38H37N3O6S2/c1-4-6-9-21-47-30-20-17-26(22-31(30)46-5-2)33-32(34(42)25-15-18-28(45-3)19-16-25)35(43)36(44)41(33)37-39-40-38(49-37)48-23-27-13-10-12-24-11-7-8-14-29(24)27/h7-8,10-20,22,33,42H,4-6,9,21,23H2,1-3H3. The molecule has 1 atom stereocenters. The fourth-order valence-electron chi connectivity index (χ4n) is 5.78. The van der Waals surface area contributed by atoms with Crippen molar-refractivity contribution in [2.75, 3.05) is 25.2 Å². The normalized spacial score (nSPS) is 15.6. The third-order valence-corrected chi connectivity index (χ3v) is 10.3. The number of aliphatic hydroxyl groups is 1. The Morgan fingerprint density at radius 2 is 1.71 bits per heavy atom. The zero-order valence-corrected chi connectivity index (χ0v) is 29.2. The van der Waals surface area contributed by atoms with Gasteiger partial charge in [0.1, 0.15) is 11.5 Å². The topological polar surface area (TPSA) is 111 Å². The lowest BCUT2D eigenvalue weighted by atomic mass is 9.95. The van der Waals surface area contributed by atoms with Crippen LogP contribution in [0.15, 0.2) is 94.8 Å².